The second-order valence-electron chi connectivity index (χ2n) is 2.95. The molecular weight excluding hydrogens is 294 g/mol. The Bertz CT molecular complexity index is 422. The maximum absolute atomic E-state index is 11.7. The fourth-order valence-corrected chi connectivity index (χ4v) is 1.99. The molecule has 0 aliphatic heterocycles. The van der Waals surface area contributed by atoms with Crippen LogP contribution in [0.2, 0.25) is 20.4 Å². The minimum absolute atomic E-state index is 0.0141. The summed E-state index contributed by atoms with van der Waals surface area (Å²) in [7, 11) is 0. The van der Waals surface area contributed by atoms with Crippen molar-refractivity contribution in [2.24, 2.45) is 0 Å². The van der Waals surface area contributed by atoms with Crippen molar-refractivity contribution in [3.8, 4) is 0 Å². The maximum atomic E-state index is 11.7. The number of aromatic nitrogens is 1. The van der Waals surface area contributed by atoms with Crippen molar-refractivity contribution in [1.29, 1.82) is 0 Å². The summed E-state index contributed by atoms with van der Waals surface area (Å²) in [6.45, 7) is 2.45. The third-order valence-corrected chi connectivity index (χ3v) is 3.24. The van der Waals surface area contributed by atoms with Crippen LogP contribution in [-0.4, -0.2) is 17.4 Å². The van der Waals surface area contributed by atoms with Crippen molar-refractivity contribution in [1.82, 2.24) is 10.3 Å². The highest BCUT2D eigenvalue weighted by atomic mass is 35.5. The number of amides is 1. The lowest BCUT2D eigenvalue weighted by atomic mass is 10.2. The predicted molar refractivity (Wildman–Crippen MR) is 66.9 cm³/mol. The van der Waals surface area contributed by atoms with Crippen LogP contribution < -0.4 is 5.32 Å². The lowest BCUT2D eigenvalue weighted by molar-refractivity contribution is 0.0953. The molecule has 1 rings (SSSR count). The lowest BCUT2D eigenvalue weighted by Crippen LogP contribution is -2.25. The number of nitrogens with zero attached hydrogens (tertiary/aromatic N) is 1. The van der Waals surface area contributed by atoms with E-state index in [2.05, 4.69) is 10.3 Å². The fourth-order valence-electron chi connectivity index (χ4n) is 1.00. The highest BCUT2D eigenvalue weighted by molar-refractivity contribution is 6.50. The zero-order chi connectivity index (χ0) is 12.3. The van der Waals surface area contributed by atoms with Crippen molar-refractivity contribution in [2.75, 3.05) is 6.54 Å². The van der Waals surface area contributed by atoms with Gasteiger partial charge in [-0.25, -0.2) is 4.98 Å². The van der Waals surface area contributed by atoms with Gasteiger partial charge in [0.2, 0.25) is 0 Å². The Kier molecular flexibility index (Phi) is 5.12. The molecule has 0 aliphatic carbocycles. The maximum Gasteiger partial charge on any atom is 0.255 e. The highest BCUT2D eigenvalue weighted by Crippen LogP contribution is 2.34. The van der Waals surface area contributed by atoms with Gasteiger partial charge in [0, 0.05) is 6.54 Å². The summed E-state index contributed by atoms with van der Waals surface area (Å²) in [4.78, 5) is 15.4. The number of carbonyl (C=O) groups is 1. The summed E-state index contributed by atoms with van der Waals surface area (Å²) in [5.41, 5.74) is 0.0474. The number of rotatable bonds is 3. The monoisotopic (exact) mass is 300 g/mol. The molecule has 1 N–H and O–H groups in total. The Morgan fingerprint density at radius 1 is 1.19 bits per heavy atom. The van der Waals surface area contributed by atoms with E-state index in [0.29, 0.717) is 6.54 Å². The number of halogens is 4. The molecule has 1 amide bonds. The number of hydrogen-bond acceptors (Lipinski definition) is 2. The van der Waals surface area contributed by atoms with E-state index in [1.807, 2.05) is 6.92 Å². The van der Waals surface area contributed by atoms with Gasteiger partial charge in [0.15, 0.2) is 5.15 Å². The first kappa shape index (κ1) is 13.8. The van der Waals surface area contributed by atoms with Crippen LogP contribution in [0.15, 0.2) is 0 Å². The van der Waals surface area contributed by atoms with E-state index < -0.39 is 5.91 Å². The van der Waals surface area contributed by atoms with Crippen LogP contribution in [0, 0.1) is 0 Å². The van der Waals surface area contributed by atoms with E-state index in [9.17, 15) is 4.79 Å². The molecule has 0 saturated heterocycles. The zero-order valence-corrected chi connectivity index (χ0v) is 11.3. The number of nitrogens with one attached hydrogen (secondary N) is 1. The van der Waals surface area contributed by atoms with Crippen LogP contribution in [0.25, 0.3) is 0 Å². The van der Waals surface area contributed by atoms with E-state index in [1.165, 1.54) is 0 Å². The molecule has 1 aromatic rings. The summed E-state index contributed by atoms with van der Waals surface area (Å²) in [6.07, 6.45) is 0.801. The molecule has 0 bridgehead atoms. The van der Waals surface area contributed by atoms with Crippen molar-refractivity contribution in [2.45, 2.75) is 13.3 Å². The Morgan fingerprint density at radius 2 is 1.81 bits per heavy atom. The highest BCUT2D eigenvalue weighted by Gasteiger charge is 2.20. The largest absolute Gasteiger partial charge is 0.352 e. The average Bonchev–Trinajstić information content (AvgIpc) is 2.23. The summed E-state index contributed by atoms with van der Waals surface area (Å²) in [6, 6.07) is 0. The number of carbonyl (C=O) groups excluding carboxylic acids is 1. The van der Waals surface area contributed by atoms with Crippen molar-refractivity contribution < 1.29 is 4.79 Å². The van der Waals surface area contributed by atoms with Crippen LogP contribution in [-0.2, 0) is 0 Å². The molecule has 0 aliphatic rings. The molecule has 0 unspecified atom stereocenters. The van der Waals surface area contributed by atoms with Crippen LogP contribution in [0.4, 0.5) is 0 Å². The number of hydrogen-bond donors (Lipinski definition) is 1. The minimum atomic E-state index is -0.414. The van der Waals surface area contributed by atoms with E-state index in [4.69, 9.17) is 46.4 Å². The van der Waals surface area contributed by atoms with Crippen LogP contribution >= 0.6 is 46.4 Å². The van der Waals surface area contributed by atoms with Gasteiger partial charge in [-0.05, 0) is 6.42 Å². The van der Waals surface area contributed by atoms with Gasteiger partial charge in [0.25, 0.3) is 5.91 Å². The first-order valence-electron chi connectivity index (χ1n) is 4.47. The predicted octanol–water partition coefficient (Wildman–Crippen LogP) is 3.84. The third kappa shape index (κ3) is 2.92. The van der Waals surface area contributed by atoms with Gasteiger partial charge in [0.05, 0.1) is 15.6 Å². The second-order valence-corrected chi connectivity index (χ2v) is 4.42. The standard InChI is InChI=1S/C9H8Cl4N2O/c1-2-3-14-9(16)4-5(10)6(11)8(13)15-7(4)12/h2-3H2,1H3,(H,14,16). The van der Waals surface area contributed by atoms with Crippen LogP contribution in [0.1, 0.15) is 23.7 Å². The summed E-state index contributed by atoms with van der Waals surface area (Å²) in [5, 5.41) is 2.58. The lowest BCUT2D eigenvalue weighted by Gasteiger charge is -2.09. The molecule has 0 fully saturated rings. The van der Waals surface area contributed by atoms with Gasteiger partial charge >= 0.3 is 0 Å². The van der Waals surface area contributed by atoms with Gasteiger partial charge in [0.1, 0.15) is 5.15 Å². The van der Waals surface area contributed by atoms with Crippen molar-refractivity contribution >= 4 is 52.3 Å². The first-order valence-corrected chi connectivity index (χ1v) is 5.98. The van der Waals surface area contributed by atoms with Crippen molar-refractivity contribution in [3.63, 3.8) is 0 Å². The Morgan fingerprint density at radius 3 is 2.38 bits per heavy atom. The van der Waals surface area contributed by atoms with Crippen LogP contribution in [0.3, 0.4) is 0 Å². The van der Waals surface area contributed by atoms with E-state index in [0.717, 1.165) is 6.42 Å². The smallest absolute Gasteiger partial charge is 0.255 e. The van der Waals surface area contributed by atoms with E-state index in [-0.39, 0.29) is 25.9 Å². The fraction of sp³-hybridized carbons (Fsp3) is 0.333. The molecule has 0 radical (unpaired) electrons. The molecular formula is C9H8Cl4N2O. The molecule has 0 aromatic carbocycles. The normalized spacial score (nSPS) is 10.3. The van der Waals surface area contributed by atoms with E-state index in [1.54, 1.807) is 0 Å². The molecule has 1 heterocycles. The molecule has 1 aromatic heterocycles. The topological polar surface area (TPSA) is 42.0 Å². The molecule has 0 spiro atoms. The molecule has 0 saturated carbocycles. The third-order valence-electron chi connectivity index (χ3n) is 1.76. The van der Waals surface area contributed by atoms with Gasteiger partial charge in [-0.3, -0.25) is 4.79 Å². The minimum Gasteiger partial charge on any atom is -0.352 e. The second kappa shape index (κ2) is 5.92. The molecule has 3 nitrogen and oxygen atoms in total. The van der Waals surface area contributed by atoms with Gasteiger partial charge in [-0.2, -0.15) is 0 Å². The van der Waals surface area contributed by atoms with E-state index >= 15 is 0 Å². The molecule has 88 valence electrons. The van der Waals surface area contributed by atoms with Gasteiger partial charge < -0.3 is 5.32 Å². The summed E-state index contributed by atoms with van der Waals surface area (Å²) >= 11 is 23.1. The van der Waals surface area contributed by atoms with Crippen molar-refractivity contribution in [3.05, 3.63) is 25.9 Å². The Balaban J connectivity index is 3.13. The van der Waals surface area contributed by atoms with Gasteiger partial charge in [-0.1, -0.05) is 53.3 Å². The number of pyridine rings is 1. The first-order chi connectivity index (χ1) is 7.49. The molecule has 7 heteroatoms. The zero-order valence-electron chi connectivity index (χ0n) is 8.28. The average molecular weight is 302 g/mol. The Hall–Kier alpha value is -0.220. The molecule has 16 heavy (non-hydrogen) atoms. The summed E-state index contributed by atoms with van der Waals surface area (Å²) in [5.74, 6) is -0.414. The Labute approximate surface area is 113 Å². The summed E-state index contributed by atoms with van der Waals surface area (Å²) < 4.78 is 0. The quantitative estimate of drug-likeness (QED) is 0.862. The van der Waals surface area contributed by atoms with Crippen LogP contribution in [0.5, 0.6) is 0 Å². The van der Waals surface area contributed by atoms with Gasteiger partial charge in [-0.15, -0.1) is 0 Å². The SMILES string of the molecule is CCCNC(=O)c1c(Cl)nc(Cl)c(Cl)c1Cl. The molecule has 0 atom stereocenters.